The predicted octanol–water partition coefficient (Wildman–Crippen LogP) is 1.81. The molecule has 62 valence electrons. The summed E-state index contributed by atoms with van der Waals surface area (Å²) in [4.78, 5) is 7.50. The van der Waals surface area contributed by atoms with Gasteiger partial charge in [0, 0.05) is 17.8 Å². The number of thiazole rings is 1. The van der Waals surface area contributed by atoms with E-state index in [2.05, 4.69) is 9.97 Å². The van der Waals surface area contributed by atoms with Crippen LogP contribution in [-0.2, 0) is 0 Å². The molecule has 12 heavy (non-hydrogen) atoms. The number of hydrogen-bond acceptors (Lipinski definition) is 4. The monoisotopic (exact) mass is 179 g/mol. The molecule has 0 aliphatic heterocycles. The topological polar surface area (TPSA) is 51.8 Å². The normalized spacial score (nSPS) is 8.33. The quantitative estimate of drug-likeness (QED) is 0.671. The van der Waals surface area contributed by atoms with Crippen LogP contribution in [0.1, 0.15) is 0 Å². The maximum atomic E-state index is 5.25. The number of nitrogen functional groups attached to an aromatic ring is 1. The van der Waals surface area contributed by atoms with Crippen molar-refractivity contribution in [3.05, 3.63) is 41.5 Å². The van der Waals surface area contributed by atoms with Crippen molar-refractivity contribution in [2.24, 2.45) is 0 Å². The van der Waals surface area contributed by atoms with Gasteiger partial charge in [0.2, 0.25) is 0 Å². The van der Waals surface area contributed by atoms with Gasteiger partial charge in [0.1, 0.15) is 5.82 Å². The minimum atomic E-state index is 0.572. The van der Waals surface area contributed by atoms with Crippen LogP contribution in [0.25, 0.3) is 0 Å². The van der Waals surface area contributed by atoms with Crippen molar-refractivity contribution in [3.8, 4) is 0 Å². The Morgan fingerprint density at radius 2 is 2.17 bits per heavy atom. The van der Waals surface area contributed by atoms with Crippen molar-refractivity contribution in [1.82, 2.24) is 9.97 Å². The van der Waals surface area contributed by atoms with Gasteiger partial charge < -0.3 is 5.73 Å². The van der Waals surface area contributed by atoms with Gasteiger partial charge in [0.15, 0.2) is 0 Å². The van der Waals surface area contributed by atoms with Crippen molar-refractivity contribution in [2.45, 2.75) is 0 Å². The molecule has 2 rings (SSSR count). The molecule has 2 heterocycles. The second kappa shape index (κ2) is 5.26. The summed E-state index contributed by atoms with van der Waals surface area (Å²) in [5.74, 6) is 0.572. The lowest BCUT2D eigenvalue weighted by molar-refractivity contribution is 1.34. The fraction of sp³-hybridized carbons (Fsp3) is 0. The molecule has 2 aromatic rings. The molecule has 0 spiro atoms. The Bertz CT molecular complexity index is 263. The number of anilines is 1. The molecule has 2 aromatic heterocycles. The fourth-order valence-electron chi connectivity index (χ4n) is 0.552. The number of rotatable bonds is 0. The van der Waals surface area contributed by atoms with Gasteiger partial charge in [-0.15, -0.1) is 11.3 Å². The molecule has 0 atom stereocenters. The van der Waals surface area contributed by atoms with Crippen LogP contribution in [0.3, 0.4) is 0 Å². The summed E-state index contributed by atoms with van der Waals surface area (Å²) >= 11 is 1.60. The van der Waals surface area contributed by atoms with Crippen LogP contribution in [0.15, 0.2) is 41.5 Å². The van der Waals surface area contributed by atoms with Gasteiger partial charge in [-0.1, -0.05) is 6.07 Å². The molecular weight excluding hydrogens is 170 g/mol. The summed E-state index contributed by atoms with van der Waals surface area (Å²) < 4.78 is 0. The first-order valence-electron chi connectivity index (χ1n) is 3.38. The Hall–Kier alpha value is -1.42. The van der Waals surface area contributed by atoms with Gasteiger partial charge in [-0.25, -0.2) is 4.98 Å². The third-order valence-electron chi connectivity index (χ3n) is 1.03. The van der Waals surface area contributed by atoms with E-state index in [-0.39, 0.29) is 0 Å². The van der Waals surface area contributed by atoms with E-state index in [1.807, 2.05) is 17.5 Å². The first kappa shape index (κ1) is 8.67. The number of nitrogens with two attached hydrogens (primary N) is 1. The highest BCUT2D eigenvalue weighted by atomic mass is 32.1. The van der Waals surface area contributed by atoms with Crippen molar-refractivity contribution in [2.75, 3.05) is 5.73 Å². The van der Waals surface area contributed by atoms with Crippen molar-refractivity contribution < 1.29 is 0 Å². The van der Waals surface area contributed by atoms with Crippen LogP contribution < -0.4 is 5.73 Å². The Balaban J connectivity index is 0.000000127. The molecule has 2 N–H and O–H groups in total. The molecular formula is C8H9N3S. The van der Waals surface area contributed by atoms with E-state index in [1.165, 1.54) is 0 Å². The maximum Gasteiger partial charge on any atom is 0.123 e. The first-order valence-corrected chi connectivity index (χ1v) is 4.32. The van der Waals surface area contributed by atoms with Crippen LogP contribution >= 0.6 is 11.3 Å². The van der Waals surface area contributed by atoms with E-state index >= 15 is 0 Å². The Morgan fingerprint density at radius 1 is 1.25 bits per heavy atom. The highest BCUT2D eigenvalue weighted by Crippen LogP contribution is 1.89. The zero-order valence-electron chi connectivity index (χ0n) is 6.42. The highest BCUT2D eigenvalue weighted by molar-refractivity contribution is 7.07. The lowest BCUT2D eigenvalue weighted by Crippen LogP contribution is -1.85. The summed E-state index contributed by atoms with van der Waals surface area (Å²) in [6.45, 7) is 0. The van der Waals surface area contributed by atoms with Crippen LogP contribution in [0.2, 0.25) is 0 Å². The van der Waals surface area contributed by atoms with Gasteiger partial charge in [-0.3, -0.25) is 4.98 Å². The van der Waals surface area contributed by atoms with Gasteiger partial charge in [-0.05, 0) is 12.1 Å². The molecule has 0 saturated heterocycles. The average Bonchev–Trinajstić information content (AvgIpc) is 2.62. The third kappa shape index (κ3) is 3.68. The predicted molar refractivity (Wildman–Crippen MR) is 50.8 cm³/mol. The molecule has 0 saturated carbocycles. The lowest BCUT2D eigenvalue weighted by Gasteiger charge is -1.82. The van der Waals surface area contributed by atoms with Crippen molar-refractivity contribution in [3.63, 3.8) is 0 Å². The zero-order chi connectivity index (χ0) is 8.65. The van der Waals surface area contributed by atoms with Crippen LogP contribution in [0.5, 0.6) is 0 Å². The summed E-state index contributed by atoms with van der Waals surface area (Å²) in [6, 6.07) is 5.43. The molecule has 4 heteroatoms. The number of hydrogen-bond donors (Lipinski definition) is 1. The van der Waals surface area contributed by atoms with E-state index in [0.717, 1.165) is 0 Å². The zero-order valence-corrected chi connectivity index (χ0v) is 7.24. The van der Waals surface area contributed by atoms with E-state index < -0.39 is 0 Å². The number of nitrogens with zero attached hydrogens (tertiary/aromatic N) is 2. The van der Waals surface area contributed by atoms with E-state index in [1.54, 1.807) is 35.3 Å². The summed E-state index contributed by atoms with van der Waals surface area (Å²) in [6.07, 6.45) is 3.43. The minimum Gasteiger partial charge on any atom is -0.384 e. The molecule has 0 unspecified atom stereocenters. The maximum absolute atomic E-state index is 5.25. The molecule has 0 bridgehead atoms. The van der Waals surface area contributed by atoms with Crippen LogP contribution in [0.4, 0.5) is 5.82 Å². The largest absolute Gasteiger partial charge is 0.384 e. The SMILES string of the molecule is Nc1ccccn1.c1cscn1. The van der Waals surface area contributed by atoms with E-state index in [4.69, 9.17) is 5.73 Å². The number of aromatic nitrogens is 2. The van der Waals surface area contributed by atoms with Gasteiger partial charge in [0.05, 0.1) is 5.51 Å². The number of pyridine rings is 1. The van der Waals surface area contributed by atoms with E-state index in [9.17, 15) is 0 Å². The fourth-order valence-corrected chi connectivity index (χ4v) is 0.903. The first-order chi connectivity index (χ1) is 5.89. The molecule has 3 nitrogen and oxygen atoms in total. The van der Waals surface area contributed by atoms with E-state index in [0.29, 0.717) is 5.82 Å². The Kier molecular flexibility index (Phi) is 3.80. The average molecular weight is 179 g/mol. The van der Waals surface area contributed by atoms with Gasteiger partial charge >= 0.3 is 0 Å². The van der Waals surface area contributed by atoms with Gasteiger partial charge in [0.25, 0.3) is 0 Å². The molecule has 0 fully saturated rings. The molecule has 0 aromatic carbocycles. The second-order valence-corrected chi connectivity index (χ2v) is 2.69. The van der Waals surface area contributed by atoms with Crippen molar-refractivity contribution >= 4 is 17.2 Å². The van der Waals surface area contributed by atoms with Crippen molar-refractivity contribution in [1.29, 1.82) is 0 Å². The molecule has 0 radical (unpaired) electrons. The minimum absolute atomic E-state index is 0.572. The summed E-state index contributed by atoms with van der Waals surface area (Å²) in [7, 11) is 0. The molecule has 0 aliphatic carbocycles. The third-order valence-corrected chi connectivity index (χ3v) is 1.56. The highest BCUT2D eigenvalue weighted by Gasteiger charge is 1.73. The summed E-state index contributed by atoms with van der Waals surface area (Å²) in [5, 5.41) is 1.93. The van der Waals surface area contributed by atoms with Gasteiger partial charge in [-0.2, -0.15) is 0 Å². The Labute approximate surface area is 74.9 Å². The standard InChI is InChI=1S/C5H6N2.C3H3NS/c6-5-3-1-2-4-7-5;1-2-5-3-4-1/h1-4H,(H2,6,7);1-3H. The second-order valence-electron chi connectivity index (χ2n) is 1.93. The lowest BCUT2D eigenvalue weighted by atomic mass is 10.5. The Morgan fingerprint density at radius 3 is 2.42 bits per heavy atom. The van der Waals surface area contributed by atoms with Crippen LogP contribution in [0, 0.1) is 0 Å². The molecule has 0 aliphatic rings. The smallest absolute Gasteiger partial charge is 0.123 e. The summed E-state index contributed by atoms with van der Waals surface area (Å²) in [5.41, 5.74) is 7.04. The molecule has 0 amide bonds. The van der Waals surface area contributed by atoms with Crippen LogP contribution in [-0.4, -0.2) is 9.97 Å².